The number of ether oxygens (including phenoxy) is 4. The van der Waals surface area contributed by atoms with E-state index in [9.17, 15) is 19.8 Å². The first kappa shape index (κ1) is 29.8. The van der Waals surface area contributed by atoms with Crippen molar-refractivity contribution in [1.82, 2.24) is 0 Å². The Morgan fingerprint density at radius 1 is 0.556 bits per heavy atom. The third kappa shape index (κ3) is 10.7. The zero-order valence-corrected chi connectivity index (χ0v) is 21.6. The maximum absolute atomic E-state index is 12.0. The van der Waals surface area contributed by atoms with E-state index in [0.29, 0.717) is 64.0 Å². The molecular weight excluding hydrogens is 464 g/mol. The van der Waals surface area contributed by atoms with Gasteiger partial charge in [0, 0.05) is 11.1 Å². The van der Waals surface area contributed by atoms with Crippen molar-refractivity contribution in [2.45, 2.75) is 52.1 Å². The molecule has 2 aromatic rings. The van der Waals surface area contributed by atoms with Crippen LogP contribution in [0.15, 0.2) is 48.5 Å². The van der Waals surface area contributed by atoms with E-state index in [0.717, 1.165) is 11.1 Å². The first-order valence-corrected chi connectivity index (χ1v) is 12.0. The van der Waals surface area contributed by atoms with Crippen LogP contribution in [0.5, 0.6) is 0 Å². The molecule has 2 N–H and O–H groups in total. The summed E-state index contributed by atoms with van der Waals surface area (Å²) in [7, 11) is 0. The molecule has 2 aromatic carbocycles. The summed E-state index contributed by atoms with van der Waals surface area (Å²) in [6.45, 7) is 9.38. The summed E-state index contributed by atoms with van der Waals surface area (Å²) in [5.74, 6) is -0.630. The van der Waals surface area contributed by atoms with Crippen molar-refractivity contribution >= 4 is 11.6 Å². The summed E-state index contributed by atoms with van der Waals surface area (Å²) in [5.41, 5.74) is 0.0298. The van der Waals surface area contributed by atoms with Crippen LogP contribution in [0.1, 0.15) is 59.5 Å². The minimum Gasteiger partial charge on any atom is -0.382 e. The van der Waals surface area contributed by atoms with Crippen LogP contribution in [0.2, 0.25) is 0 Å². The number of hydrogen-bond acceptors (Lipinski definition) is 8. The molecule has 2 rings (SSSR count). The van der Waals surface area contributed by atoms with Gasteiger partial charge in [0.1, 0.15) is 11.2 Å². The van der Waals surface area contributed by atoms with Crippen LogP contribution in [0, 0.1) is 0 Å². The molecule has 0 unspecified atom stereocenters. The molecule has 8 heteroatoms. The Balaban J connectivity index is 1.46. The molecule has 0 saturated heterocycles. The van der Waals surface area contributed by atoms with Crippen LogP contribution in [-0.2, 0) is 32.2 Å². The molecule has 198 valence electrons. The lowest BCUT2D eigenvalue weighted by Gasteiger charge is -2.15. The Bertz CT molecular complexity index is 858. The number of carbonyl (C=O) groups excluding carboxylic acids is 2. The highest BCUT2D eigenvalue weighted by molar-refractivity contribution is 6.02. The second kappa shape index (κ2) is 14.3. The zero-order valence-electron chi connectivity index (χ0n) is 21.6. The molecule has 8 nitrogen and oxygen atoms in total. The number of carbonyl (C=O) groups is 2. The normalized spacial score (nSPS) is 12.1. The second-order valence-electron chi connectivity index (χ2n) is 9.50. The van der Waals surface area contributed by atoms with E-state index in [1.165, 1.54) is 27.7 Å². The lowest BCUT2D eigenvalue weighted by molar-refractivity contribution is -0.00619. The number of Topliss-reactive ketones (excluding diaryl/α,β-unsaturated/α-hetero) is 2. The highest BCUT2D eigenvalue weighted by Crippen LogP contribution is 2.15. The molecule has 0 aromatic heterocycles. The van der Waals surface area contributed by atoms with Crippen molar-refractivity contribution in [2.24, 2.45) is 0 Å². The molecule has 0 spiro atoms. The quantitative estimate of drug-likeness (QED) is 0.250. The molecule has 0 heterocycles. The van der Waals surface area contributed by atoms with E-state index in [-0.39, 0.29) is 11.6 Å². The maximum Gasteiger partial charge on any atom is 0.193 e. The van der Waals surface area contributed by atoms with E-state index >= 15 is 0 Å². The second-order valence-corrected chi connectivity index (χ2v) is 9.50. The molecule has 0 amide bonds. The van der Waals surface area contributed by atoms with Crippen LogP contribution < -0.4 is 0 Å². The smallest absolute Gasteiger partial charge is 0.193 e. The largest absolute Gasteiger partial charge is 0.382 e. The molecule has 0 fully saturated rings. The fourth-order valence-corrected chi connectivity index (χ4v) is 3.15. The molecule has 0 radical (unpaired) electrons. The summed E-state index contributed by atoms with van der Waals surface area (Å²) in [5, 5.41) is 19.6. The number of hydrogen-bond donors (Lipinski definition) is 2. The van der Waals surface area contributed by atoms with Crippen LogP contribution in [-0.4, -0.2) is 72.6 Å². The Morgan fingerprint density at radius 3 is 1.11 bits per heavy atom. The van der Waals surface area contributed by atoms with E-state index in [2.05, 4.69) is 0 Å². The molecule has 0 atom stereocenters. The summed E-state index contributed by atoms with van der Waals surface area (Å²) in [6.07, 6.45) is 0. The standard InChI is InChI=1S/C28H38O8/c1-27(2,31)25(29)23-9-5-21(6-10-23)19-35-17-15-33-13-14-34-16-18-36-20-22-7-11-24(12-8-22)26(30)28(3,4)32/h5-12,31-32H,13-20H2,1-4H3. The molecule has 36 heavy (non-hydrogen) atoms. The highest BCUT2D eigenvalue weighted by Gasteiger charge is 2.25. The van der Waals surface area contributed by atoms with Gasteiger partial charge in [-0.25, -0.2) is 0 Å². The zero-order chi connectivity index (χ0) is 26.6. The highest BCUT2D eigenvalue weighted by atomic mass is 16.6. The van der Waals surface area contributed by atoms with Crippen LogP contribution in [0.4, 0.5) is 0 Å². The number of aliphatic hydroxyl groups is 2. The predicted molar refractivity (Wildman–Crippen MR) is 135 cm³/mol. The number of ketones is 2. The third-order valence-corrected chi connectivity index (χ3v) is 5.20. The number of benzene rings is 2. The van der Waals surface area contributed by atoms with Crippen molar-refractivity contribution < 1.29 is 38.7 Å². The third-order valence-electron chi connectivity index (χ3n) is 5.20. The fraction of sp³-hybridized carbons (Fsp3) is 0.500. The Morgan fingerprint density at radius 2 is 0.833 bits per heavy atom. The van der Waals surface area contributed by atoms with Crippen molar-refractivity contribution in [2.75, 3.05) is 39.6 Å². The van der Waals surface area contributed by atoms with Crippen molar-refractivity contribution in [3.8, 4) is 0 Å². The van der Waals surface area contributed by atoms with Gasteiger partial charge in [0.15, 0.2) is 11.6 Å². The lowest BCUT2D eigenvalue weighted by Crippen LogP contribution is -2.31. The SMILES string of the molecule is CC(C)(O)C(=O)c1ccc(COCCOCCOCCOCc2ccc(C(=O)C(C)(C)O)cc2)cc1. The first-order valence-electron chi connectivity index (χ1n) is 12.0. The topological polar surface area (TPSA) is 112 Å². The van der Waals surface area contributed by atoms with Gasteiger partial charge in [-0.05, 0) is 38.8 Å². The van der Waals surface area contributed by atoms with E-state index in [1.807, 2.05) is 24.3 Å². The molecule has 0 saturated carbocycles. The van der Waals surface area contributed by atoms with E-state index < -0.39 is 11.2 Å². The van der Waals surface area contributed by atoms with E-state index in [4.69, 9.17) is 18.9 Å². The monoisotopic (exact) mass is 502 g/mol. The molecular formula is C28H38O8. The minimum absolute atomic E-state index is 0.315. The van der Waals surface area contributed by atoms with Gasteiger partial charge in [-0.1, -0.05) is 48.5 Å². The van der Waals surface area contributed by atoms with Crippen molar-refractivity contribution in [3.05, 3.63) is 70.8 Å². The summed E-state index contributed by atoms with van der Waals surface area (Å²) < 4.78 is 22.1. The van der Waals surface area contributed by atoms with E-state index in [1.54, 1.807) is 24.3 Å². The Hall–Kier alpha value is -2.46. The fourth-order valence-electron chi connectivity index (χ4n) is 3.15. The average Bonchev–Trinajstić information content (AvgIpc) is 2.83. The van der Waals surface area contributed by atoms with Gasteiger partial charge in [0.2, 0.25) is 0 Å². The van der Waals surface area contributed by atoms with Gasteiger partial charge < -0.3 is 29.2 Å². The number of rotatable bonds is 17. The van der Waals surface area contributed by atoms with Crippen molar-refractivity contribution in [1.29, 1.82) is 0 Å². The van der Waals surface area contributed by atoms with Gasteiger partial charge in [0.25, 0.3) is 0 Å². The van der Waals surface area contributed by atoms with Crippen LogP contribution >= 0.6 is 0 Å². The summed E-state index contributed by atoms with van der Waals surface area (Å²) in [6, 6.07) is 14.0. The molecule has 0 bridgehead atoms. The average molecular weight is 503 g/mol. The Kier molecular flexibility index (Phi) is 11.8. The molecule has 0 aliphatic carbocycles. The van der Waals surface area contributed by atoms with Crippen LogP contribution in [0.3, 0.4) is 0 Å². The maximum atomic E-state index is 12.0. The van der Waals surface area contributed by atoms with Gasteiger partial charge in [-0.2, -0.15) is 0 Å². The Labute approximate surface area is 213 Å². The lowest BCUT2D eigenvalue weighted by atomic mass is 9.96. The first-order chi connectivity index (χ1) is 17.0. The van der Waals surface area contributed by atoms with Gasteiger partial charge in [-0.15, -0.1) is 0 Å². The van der Waals surface area contributed by atoms with Crippen molar-refractivity contribution in [3.63, 3.8) is 0 Å². The van der Waals surface area contributed by atoms with Crippen LogP contribution in [0.25, 0.3) is 0 Å². The summed E-state index contributed by atoms with van der Waals surface area (Å²) >= 11 is 0. The molecule has 0 aliphatic heterocycles. The van der Waals surface area contributed by atoms with Gasteiger partial charge in [0.05, 0.1) is 52.9 Å². The predicted octanol–water partition coefficient (Wildman–Crippen LogP) is 3.36. The van der Waals surface area contributed by atoms with Gasteiger partial charge in [-0.3, -0.25) is 9.59 Å². The van der Waals surface area contributed by atoms with Gasteiger partial charge >= 0.3 is 0 Å². The minimum atomic E-state index is -1.39. The summed E-state index contributed by atoms with van der Waals surface area (Å²) in [4.78, 5) is 24.0. The molecule has 0 aliphatic rings.